The Labute approximate surface area is 99.4 Å². The standard InChI is InChI=1S/C10H10BrF2NO2/c1-4-2-5(11)10(13)8(9(4)12)6(14)3-7(15)16/h2,6H,3,14H2,1H3,(H,15,16). The van der Waals surface area contributed by atoms with E-state index in [9.17, 15) is 13.6 Å². The van der Waals surface area contributed by atoms with Crippen molar-refractivity contribution in [1.29, 1.82) is 0 Å². The molecule has 0 aliphatic carbocycles. The van der Waals surface area contributed by atoms with E-state index in [4.69, 9.17) is 10.8 Å². The predicted octanol–water partition coefficient (Wildman–Crippen LogP) is 2.51. The Balaban J connectivity index is 3.26. The van der Waals surface area contributed by atoms with E-state index in [0.717, 1.165) is 0 Å². The third-order valence-corrected chi connectivity index (χ3v) is 2.71. The van der Waals surface area contributed by atoms with Crippen LogP contribution in [0.2, 0.25) is 0 Å². The maximum absolute atomic E-state index is 13.6. The molecular formula is C10H10BrF2NO2. The Hall–Kier alpha value is -1.01. The molecule has 1 aromatic carbocycles. The molecule has 1 aromatic rings. The number of nitrogens with two attached hydrogens (primary N) is 1. The number of carboxylic acids is 1. The molecule has 1 rings (SSSR count). The number of hydrogen-bond donors (Lipinski definition) is 2. The molecule has 0 saturated heterocycles. The van der Waals surface area contributed by atoms with Gasteiger partial charge < -0.3 is 10.8 Å². The highest BCUT2D eigenvalue weighted by Crippen LogP contribution is 2.29. The fraction of sp³-hybridized carbons (Fsp3) is 0.300. The minimum Gasteiger partial charge on any atom is -0.481 e. The first-order valence-corrected chi connectivity index (χ1v) is 5.25. The van der Waals surface area contributed by atoms with Crippen LogP contribution in [0.5, 0.6) is 0 Å². The molecule has 0 aliphatic rings. The Morgan fingerprint density at radius 3 is 2.62 bits per heavy atom. The molecule has 0 saturated carbocycles. The summed E-state index contributed by atoms with van der Waals surface area (Å²) >= 11 is 2.92. The number of carbonyl (C=O) groups is 1. The van der Waals surface area contributed by atoms with E-state index in [1.807, 2.05) is 0 Å². The zero-order chi connectivity index (χ0) is 12.5. The number of aryl methyl sites for hydroxylation is 1. The second-order valence-electron chi connectivity index (χ2n) is 3.42. The minimum absolute atomic E-state index is 0.0715. The molecule has 0 heterocycles. The van der Waals surface area contributed by atoms with Gasteiger partial charge in [-0.05, 0) is 34.5 Å². The van der Waals surface area contributed by atoms with Crippen LogP contribution in [0.15, 0.2) is 10.5 Å². The van der Waals surface area contributed by atoms with E-state index in [0.29, 0.717) is 0 Å². The molecule has 0 bridgehead atoms. The summed E-state index contributed by atoms with van der Waals surface area (Å²) in [6.07, 6.45) is -0.524. The number of carboxylic acid groups (broad SMARTS) is 1. The lowest BCUT2D eigenvalue weighted by Gasteiger charge is -2.14. The van der Waals surface area contributed by atoms with Gasteiger partial charge in [-0.15, -0.1) is 0 Å². The van der Waals surface area contributed by atoms with Crippen molar-refractivity contribution in [1.82, 2.24) is 0 Å². The van der Waals surface area contributed by atoms with Crippen LogP contribution in [0.25, 0.3) is 0 Å². The normalized spacial score (nSPS) is 12.6. The Bertz CT molecular complexity index is 411. The fourth-order valence-corrected chi connectivity index (χ4v) is 1.93. The van der Waals surface area contributed by atoms with Gasteiger partial charge in [0.25, 0.3) is 0 Å². The summed E-state index contributed by atoms with van der Waals surface area (Å²) in [6.45, 7) is 1.45. The quantitative estimate of drug-likeness (QED) is 0.842. The number of halogens is 3. The van der Waals surface area contributed by atoms with E-state index in [2.05, 4.69) is 15.9 Å². The summed E-state index contributed by atoms with van der Waals surface area (Å²) < 4.78 is 27.3. The van der Waals surface area contributed by atoms with Crippen LogP contribution in [0.1, 0.15) is 23.6 Å². The SMILES string of the molecule is Cc1cc(Br)c(F)c(C(N)CC(=O)O)c1F. The lowest BCUT2D eigenvalue weighted by Crippen LogP contribution is -2.19. The highest BCUT2D eigenvalue weighted by atomic mass is 79.9. The molecule has 0 fully saturated rings. The average Bonchev–Trinajstić information content (AvgIpc) is 2.14. The zero-order valence-electron chi connectivity index (χ0n) is 8.43. The zero-order valence-corrected chi connectivity index (χ0v) is 10.0. The van der Waals surface area contributed by atoms with Gasteiger partial charge in [0.1, 0.15) is 11.6 Å². The Kier molecular flexibility index (Phi) is 3.98. The molecule has 0 radical (unpaired) electrons. The van der Waals surface area contributed by atoms with Crippen LogP contribution >= 0.6 is 15.9 Å². The van der Waals surface area contributed by atoms with Crippen LogP contribution < -0.4 is 5.73 Å². The van der Waals surface area contributed by atoms with Gasteiger partial charge in [-0.25, -0.2) is 8.78 Å². The van der Waals surface area contributed by atoms with Crippen molar-refractivity contribution >= 4 is 21.9 Å². The lowest BCUT2D eigenvalue weighted by molar-refractivity contribution is -0.137. The van der Waals surface area contributed by atoms with Crippen LogP contribution in [0.4, 0.5) is 8.78 Å². The smallest absolute Gasteiger partial charge is 0.305 e. The molecule has 1 unspecified atom stereocenters. The third-order valence-electron chi connectivity index (χ3n) is 2.14. The largest absolute Gasteiger partial charge is 0.481 e. The first-order chi connectivity index (χ1) is 7.34. The van der Waals surface area contributed by atoms with Gasteiger partial charge in [-0.3, -0.25) is 4.79 Å². The molecule has 0 aromatic heterocycles. The maximum Gasteiger partial charge on any atom is 0.305 e. The number of hydrogen-bond acceptors (Lipinski definition) is 2. The summed E-state index contributed by atoms with van der Waals surface area (Å²) in [5, 5.41) is 8.53. The summed E-state index contributed by atoms with van der Waals surface area (Å²) in [7, 11) is 0. The van der Waals surface area contributed by atoms with Crippen LogP contribution in [-0.4, -0.2) is 11.1 Å². The summed E-state index contributed by atoms with van der Waals surface area (Å²) in [5.41, 5.74) is 5.27. The van der Waals surface area contributed by atoms with Crippen molar-refractivity contribution in [3.63, 3.8) is 0 Å². The van der Waals surface area contributed by atoms with Gasteiger partial charge in [-0.2, -0.15) is 0 Å². The van der Waals surface area contributed by atoms with E-state index < -0.39 is 35.6 Å². The molecule has 88 valence electrons. The van der Waals surface area contributed by atoms with Gasteiger partial charge in [-0.1, -0.05) is 0 Å². The highest BCUT2D eigenvalue weighted by Gasteiger charge is 2.22. The first kappa shape index (κ1) is 13.1. The number of rotatable bonds is 3. The van der Waals surface area contributed by atoms with Crippen molar-refractivity contribution in [2.24, 2.45) is 5.73 Å². The summed E-state index contributed by atoms with van der Waals surface area (Å²) in [4.78, 5) is 10.4. The molecule has 0 aliphatic heterocycles. The van der Waals surface area contributed by atoms with E-state index in [1.54, 1.807) is 0 Å². The molecule has 0 amide bonds. The van der Waals surface area contributed by atoms with E-state index in [-0.39, 0.29) is 10.0 Å². The molecular weight excluding hydrogens is 284 g/mol. The van der Waals surface area contributed by atoms with Crippen LogP contribution in [-0.2, 0) is 4.79 Å². The second-order valence-corrected chi connectivity index (χ2v) is 4.28. The Morgan fingerprint density at radius 2 is 2.12 bits per heavy atom. The first-order valence-electron chi connectivity index (χ1n) is 4.46. The monoisotopic (exact) mass is 293 g/mol. The van der Waals surface area contributed by atoms with E-state index in [1.165, 1.54) is 13.0 Å². The molecule has 16 heavy (non-hydrogen) atoms. The Morgan fingerprint density at radius 1 is 1.56 bits per heavy atom. The van der Waals surface area contributed by atoms with Crippen molar-refractivity contribution in [2.45, 2.75) is 19.4 Å². The van der Waals surface area contributed by atoms with Crippen LogP contribution in [0.3, 0.4) is 0 Å². The van der Waals surface area contributed by atoms with Gasteiger partial charge in [0.2, 0.25) is 0 Å². The number of benzene rings is 1. The van der Waals surface area contributed by atoms with Crippen molar-refractivity contribution in [3.8, 4) is 0 Å². The van der Waals surface area contributed by atoms with Crippen LogP contribution in [0, 0.1) is 18.6 Å². The molecule has 1 atom stereocenters. The van der Waals surface area contributed by atoms with Crippen molar-refractivity contribution in [3.05, 3.63) is 33.3 Å². The van der Waals surface area contributed by atoms with Crippen molar-refractivity contribution in [2.75, 3.05) is 0 Å². The van der Waals surface area contributed by atoms with Gasteiger partial charge >= 0.3 is 5.97 Å². The summed E-state index contributed by atoms with van der Waals surface area (Å²) in [6, 6.07) is 0.0791. The molecule has 0 spiro atoms. The van der Waals surface area contributed by atoms with Gasteiger partial charge in [0, 0.05) is 11.6 Å². The molecule has 3 N–H and O–H groups in total. The number of aliphatic carboxylic acids is 1. The maximum atomic E-state index is 13.6. The van der Waals surface area contributed by atoms with Gasteiger partial charge in [0.15, 0.2) is 0 Å². The third kappa shape index (κ3) is 2.56. The predicted molar refractivity (Wildman–Crippen MR) is 58.0 cm³/mol. The fourth-order valence-electron chi connectivity index (χ4n) is 1.37. The summed E-state index contributed by atoms with van der Waals surface area (Å²) in [5.74, 6) is -2.85. The molecule has 6 heteroatoms. The topological polar surface area (TPSA) is 63.3 Å². The van der Waals surface area contributed by atoms with Gasteiger partial charge in [0.05, 0.1) is 10.9 Å². The highest BCUT2D eigenvalue weighted by molar-refractivity contribution is 9.10. The second kappa shape index (κ2) is 4.88. The average molecular weight is 294 g/mol. The van der Waals surface area contributed by atoms with Crippen molar-refractivity contribution < 1.29 is 18.7 Å². The lowest BCUT2D eigenvalue weighted by atomic mass is 10.0. The molecule has 3 nitrogen and oxygen atoms in total. The van der Waals surface area contributed by atoms with E-state index >= 15 is 0 Å². The minimum atomic E-state index is -1.20.